The number of ether oxygens (including phenoxy) is 2. The molecule has 0 unspecified atom stereocenters. The second-order valence-electron chi connectivity index (χ2n) is 6.87. The fourth-order valence-corrected chi connectivity index (χ4v) is 3.34. The quantitative estimate of drug-likeness (QED) is 0.766. The predicted octanol–water partition coefficient (Wildman–Crippen LogP) is 3.67. The van der Waals surface area contributed by atoms with Gasteiger partial charge < -0.3 is 14.8 Å². The lowest BCUT2D eigenvalue weighted by Crippen LogP contribution is -2.43. The summed E-state index contributed by atoms with van der Waals surface area (Å²) < 4.78 is 10.9. The number of nitrogens with zero attached hydrogens (tertiary/aromatic N) is 1. The summed E-state index contributed by atoms with van der Waals surface area (Å²) in [5.41, 5.74) is 0.527. The van der Waals surface area contributed by atoms with Crippen molar-refractivity contribution in [2.24, 2.45) is 11.8 Å². The lowest BCUT2D eigenvalue weighted by atomic mass is 9.78. The normalized spacial score (nSPS) is 22.7. The van der Waals surface area contributed by atoms with Crippen molar-refractivity contribution >= 4 is 5.91 Å². The van der Waals surface area contributed by atoms with Crippen LogP contribution in [0.3, 0.4) is 0 Å². The molecule has 5 heteroatoms. The van der Waals surface area contributed by atoms with Crippen LogP contribution in [0.25, 0.3) is 0 Å². The molecule has 136 valence electrons. The van der Waals surface area contributed by atoms with E-state index in [1.807, 2.05) is 0 Å². The summed E-state index contributed by atoms with van der Waals surface area (Å²) in [6.45, 7) is 4.93. The summed E-state index contributed by atoms with van der Waals surface area (Å²) in [6, 6.07) is 7.43. The van der Waals surface area contributed by atoms with Gasteiger partial charge in [-0.2, -0.15) is 5.26 Å². The van der Waals surface area contributed by atoms with Crippen molar-refractivity contribution in [2.45, 2.75) is 52.0 Å². The van der Waals surface area contributed by atoms with Gasteiger partial charge in [-0.1, -0.05) is 26.7 Å². The number of carbonyl (C=O) groups excluding carboxylic acids is 1. The number of rotatable bonds is 7. The number of nitriles is 1. The first-order valence-electron chi connectivity index (χ1n) is 9.05. The highest BCUT2D eigenvalue weighted by molar-refractivity contribution is 5.76. The number of carbonyl (C=O) groups is 1. The fraction of sp³-hybridized carbons (Fsp3) is 0.600. The molecule has 2 rings (SSSR count). The van der Waals surface area contributed by atoms with E-state index in [0.29, 0.717) is 54.4 Å². The van der Waals surface area contributed by atoms with E-state index in [9.17, 15) is 4.79 Å². The maximum Gasteiger partial charge on any atom is 0.220 e. The average molecular weight is 344 g/mol. The van der Waals surface area contributed by atoms with Gasteiger partial charge in [-0.05, 0) is 36.8 Å². The summed E-state index contributed by atoms with van der Waals surface area (Å²) in [5, 5.41) is 12.1. The fourth-order valence-electron chi connectivity index (χ4n) is 3.34. The monoisotopic (exact) mass is 344 g/mol. The van der Waals surface area contributed by atoms with Gasteiger partial charge in [-0.15, -0.1) is 0 Å². The highest BCUT2D eigenvalue weighted by atomic mass is 16.5. The molecule has 1 aromatic rings. The van der Waals surface area contributed by atoms with E-state index in [1.165, 1.54) is 12.8 Å². The first-order chi connectivity index (χ1) is 12.0. The van der Waals surface area contributed by atoms with Crippen LogP contribution in [0, 0.1) is 23.2 Å². The number of amides is 1. The first-order valence-corrected chi connectivity index (χ1v) is 9.05. The third-order valence-electron chi connectivity index (χ3n) is 5.15. The maximum atomic E-state index is 12.2. The Kier molecular flexibility index (Phi) is 7.12. The smallest absolute Gasteiger partial charge is 0.220 e. The van der Waals surface area contributed by atoms with Gasteiger partial charge >= 0.3 is 0 Å². The van der Waals surface area contributed by atoms with Gasteiger partial charge in [0.2, 0.25) is 5.91 Å². The third kappa shape index (κ3) is 5.38. The second-order valence-corrected chi connectivity index (χ2v) is 6.87. The second kappa shape index (κ2) is 9.31. The van der Waals surface area contributed by atoms with Gasteiger partial charge in [0.25, 0.3) is 0 Å². The lowest BCUT2D eigenvalue weighted by molar-refractivity contribution is -0.122. The predicted molar refractivity (Wildman–Crippen MR) is 96.5 cm³/mol. The van der Waals surface area contributed by atoms with E-state index in [0.717, 1.165) is 6.42 Å². The first kappa shape index (κ1) is 19.1. The molecular formula is C20H28N2O3. The van der Waals surface area contributed by atoms with Crippen LogP contribution in [-0.4, -0.2) is 25.7 Å². The molecule has 1 amide bonds. The number of methoxy groups -OCH3 is 1. The van der Waals surface area contributed by atoms with Crippen LogP contribution in [0.1, 0.15) is 51.5 Å². The van der Waals surface area contributed by atoms with Crippen molar-refractivity contribution in [2.75, 3.05) is 13.7 Å². The van der Waals surface area contributed by atoms with Gasteiger partial charge in [-0.25, -0.2) is 0 Å². The van der Waals surface area contributed by atoms with Crippen molar-refractivity contribution in [3.8, 4) is 17.6 Å². The molecule has 5 nitrogen and oxygen atoms in total. The zero-order valence-corrected chi connectivity index (χ0v) is 15.4. The van der Waals surface area contributed by atoms with Gasteiger partial charge in [0.1, 0.15) is 0 Å². The molecule has 1 fully saturated rings. The molecule has 0 aliphatic heterocycles. The Labute approximate surface area is 150 Å². The van der Waals surface area contributed by atoms with E-state index in [2.05, 4.69) is 25.2 Å². The molecule has 0 saturated heterocycles. The van der Waals surface area contributed by atoms with Gasteiger partial charge in [-0.3, -0.25) is 4.79 Å². The minimum absolute atomic E-state index is 0.0985. The Morgan fingerprint density at radius 2 is 2.12 bits per heavy atom. The molecule has 1 saturated carbocycles. The summed E-state index contributed by atoms with van der Waals surface area (Å²) >= 11 is 0. The summed E-state index contributed by atoms with van der Waals surface area (Å²) in [5.74, 6) is 2.44. The van der Waals surface area contributed by atoms with Gasteiger partial charge in [0.15, 0.2) is 11.5 Å². The van der Waals surface area contributed by atoms with Crippen LogP contribution in [0.4, 0.5) is 0 Å². The summed E-state index contributed by atoms with van der Waals surface area (Å²) in [7, 11) is 1.54. The van der Waals surface area contributed by atoms with E-state index in [-0.39, 0.29) is 5.91 Å². The SMILES string of the molecule is COc1cc(C#N)ccc1OCCCC(=O)N[C@@H]1CCC[C@@H](C)[C@@H]1C. The van der Waals surface area contributed by atoms with Crippen molar-refractivity contribution in [1.82, 2.24) is 5.32 Å². The van der Waals surface area contributed by atoms with Crippen LogP contribution in [0.5, 0.6) is 11.5 Å². The molecule has 1 N–H and O–H groups in total. The van der Waals surface area contributed by atoms with Crippen LogP contribution in [-0.2, 0) is 4.79 Å². The van der Waals surface area contributed by atoms with Crippen LogP contribution >= 0.6 is 0 Å². The van der Waals surface area contributed by atoms with E-state index in [1.54, 1.807) is 25.3 Å². The molecule has 0 spiro atoms. The van der Waals surface area contributed by atoms with Crippen molar-refractivity contribution < 1.29 is 14.3 Å². The van der Waals surface area contributed by atoms with Crippen LogP contribution < -0.4 is 14.8 Å². The minimum atomic E-state index is 0.0985. The molecule has 25 heavy (non-hydrogen) atoms. The average Bonchev–Trinajstić information content (AvgIpc) is 2.62. The number of hydrogen-bond donors (Lipinski definition) is 1. The zero-order chi connectivity index (χ0) is 18.2. The summed E-state index contributed by atoms with van der Waals surface area (Å²) in [6.07, 6.45) is 4.63. The third-order valence-corrected chi connectivity index (χ3v) is 5.15. The van der Waals surface area contributed by atoms with E-state index in [4.69, 9.17) is 14.7 Å². The molecule has 0 heterocycles. The molecule has 0 aromatic heterocycles. The van der Waals surface area contributed by atoms with Crippen LogP contribution in [0.2, 0.25) is 0 Å². The standard InChI is InChI=1S/C20H28N2O3/c1-14-6-4-7-17(15(14)2)22-20(23)8-5-11-25-18-10-9-16(13-21)12-19(18)24-3/h9-10,12,14-15,17H,4-8,11H2,1-3H3,(H,22,23)/t14-,15+,17-/m1/s1. The minimum Gasteiger partial charge on any atom is -0.493 e. The Hall–Kier alpha value is -2.22. The highest BCUT2D eigenvalue weighted by Gasteiger charge is 2.27. The Balaban J connectivity index is 1.74. The van der Waals surface area contributed by atoms with Crippen molar-refractivity contribution in [3.05, 3.63) is 23.8 Å². The molecule has 1 aliphatic rings. The number of nitrogens with one attached hydrogen (secondary N) is 1. The molecular weight excluding hydrogens is 316 g/mol. The van der Waals surface area contributed by atoms with Gasteiger partial charge in [0, 0.05) is 18.5 Å². The Bertz CT molecular complexity index is 624. The lowest BCUT2D eigenvalue weighted by Gasteiger charge is -2.34. The molecule has 0 bridgehead atoms. The largest absolute Gasteiger partial charge is 0.493 e. The molecule has 1 aliphatic carbocycles. The van der Waals surface area contributed by atoms with Crippen molar-refractivity contribution in [3.63, 3.8) is 0 Å². The molecule has 1 aromatic carbocycles. The molecule has 0 radical (unpaired) electrons. The topological polar surface area (TPSA) is 71.3 Å². The zero-order valence-electron chi connectivity index (χ0n) is 15.4. The van der Waals surface area contributed by atoms with Gasteiger partial charge in [0.05, 0.1) is 25.3 Å². The molecule has 3 atom stereocenters. The van der Waals surface area contributed by atoms with Crippen molar-refractivity contribution in [1.29, 1.82) is 5.26 Å². The Morgan fingerprint density at radius 3 is 2.84 bits per heavy atom. The summed E-state index contributed by atoms with van der Waals surface area (Å²) in [4.78, 5) is 12.2. The van der Waals surface area contributed by atoms with E-state index < -0.39 is 0 Å². The number of hydrogen-bond acceptors (Lipinski definition) is 4. The maximum absolute atomic E-state index is 12.2. The van der Waals surface area contributed by atoms with E-state index >= 15 is 0 Å². The Morgan fingerprint density at radius 1 is 1.32 bits per heavy atom. The highest BCUT2D eigenvalue weighted by Crippen LogP contribution is 2.30. The number of benzene rings is 1. The van der Waals surface area contributed by atoms with Crippen LogP contribution in [0.15, 0.2) is 18.2 Å².